The number of ether oxygens (including phenoxy) is 2. The number of fused-ring (bicyclic) bond motifs is 3. The molecule has 176 valence electrons. The summed E-state index contributed by atoms with van der Waals surface area (Å²) < 4.78 is 26.1. The summed E-state index contributed by atoms with van der Waals surface area (Å²) >= 11 is 0. The Morgan fingerprint density at radius 1 is 1.00 bits per heavy atom. The van der Waals surface area contributed by atoms with E-state index in [1.54, 1.807) is 6.20 Å². The lowest BCUT2D eigenvalue weighted by atomic mass is 9.54. The van der Waals surface area contributed by atoms with E-state index in [4.69, 9.17) is 19.4 Å². The number of rotatable bonds is 2. The second-order valence-corrected chi connectivity index (χ2v) is 10.3. The van der Waals surface area contributed by atoms with E-state index in [9.17, 15) is 4.39 Å². The van der Waals surface area contributed by atoms with E-state index >= 15 is 0 Å². The van der Waals surface area contributed by atoms with Gasteiger partial charge in [-0.2, -0.15) is 0 Å². The molecule has 6 heteroatoms. The average molecular weight is 460 g/mol. The number of pyridine rings is 1. The van der Waals surface area contributed by atoms with Crippen molar-refractivity contribution >= 4 is 0 Å². The topological polar surface area (TPSA) is 57.1 Å². The van der Waals surface area contributed by atoms with Crippen molar-refractivity contribution in [3.05, 3.63) is 65.4 Å². The molecule has 3 heterocycles. The van der Waals surface area contributed by atoms with Crippen LogP contribution in [0.5, 0.6) is 0 Å². The molecule has 3 aliphatic rings. The number of hydrogen-bond acceptors (Lipinski definition) is 5. The first kappa shape index (κ1) is 21.8. The molecule has 0 bridgehead atoms. The predicted molar refractivity (Wildman–Crippen MR) is 128 cm³/mol. The maximum absolute atomic E-state index is 13.7. The molecule has 34 heavy (non-hydrogen) atoms. The summed E-state index contributed by atoms with van der Waals surface area (Å²) in [5.41, 5.74) is 5.93. The fraction of sp³-hybridized carbons (Fsp3) is 0.464. The van der Waals surface area contributed by atoms with Crippen molar-refractivity contribution in [1.82, 2.24) is 15.0 Å². The van der Waals surface area contributed by atoms with E-state index in [1.807, 2.05) is 31.2 Å². The molecule has 1 saturated heterocycles. The summed E-state index contributed by atoms with van der Waals surface area (Å²) in [6, 6.07) is 10.7. The normalized spacial score (nSPS) is 27.4. The van der Waals surface area contributed by atoms with Crippen LogP contribution in [0.3, 0.4) is 0 Å². The molecule has 2 aliphatic carbocycles. The number of hydrogen-bond donors (Lipinski definition) is 0. The van der Waals surface area contributed by atoms with Crippen LogP contribution in [0, 0.1) is 24.6 Å². The molecular formula is C28H30FN3O2. The smallest absolute Gasteiger partial charge is 0.171 e. The molecule has 0 radical (unpaired) electrons. The van der Waals surface area contributed by atoms with Gasteiger partial charge in [-0.05, 0) is 68.5 Å². The second kappa shape index (κ2) is 7.92. The van der Waals surface area contributed by atoms with Crippen molar-refractivity contribution in [2.45, 2.75) is 57.7 Å². The third-order valence-corrected chi connectivity index (χ3v) is 8.41. The zero-order valence-corrected chi connectivity index (χ0v) is 20.0. The van der Waals surface area contributed by atoms with E-state index in [0.29, 0.717) is 25.0 Å². The molecule has 1 spiro atoms. The van der Waals surface area contributed by atoms with Crippen molar-refractivity contribution in [2.24, 2.45) is 11.8 Å². The summed E-state index contributed by atoms with van der Waals surface area (Å²) in [6.45, 7) is 7.97. The van der Waals surface area contributed by atoms with E-state index in [-0.39, 0.29) is 17.2 Å². The Morgan fingerprint density at radius 2 is 1.76 bits per heavy atom. The fourth-order valence-electron chi connectivity index (χ4n) is 6.60. The van der Waals surface area contributed by atoms with Gasteiger partial charge in [-0.25, -0.2) is 14.4 Å². The zero-order chi connectivity index (χ0) is 23.5. The molecule has 6 rings (SSSR count). The minimum Gasteiger partial charge on any atom is -0.347 e. The average Bonchev–Trinajstić information content (AvgIpc) is 3.32. The van der Waals surface area contributed by atoms with E-state index in [1.165, 1.54) is 17.7 Å². The first-order valence-electron chi connectivity index (χ1n) is 12.3. The van der Waals surface area contributed by atoms with Gasteiger partial charge < -0.3 is 9.47 Å². The van der Waals surface area contributed by atoms with Gasteiger partial charge in [-0.1, -0.05) is 13.8 Å². The Labute approximate surface area is 199 Å². The van der Waals surface area contributed by atoms with Gasteiger partial charge in [0.05, 0.1) is 24.6 Å². The maximum atomic E-state index is 13.7. The third kappa shape index (κ3) is 3.30. The zero-order valence-electron chi connectivity index (χ0n) is 20.0. The summed E-state index contributed by atoms with van der Waals surface area (Å²) in [6.07, 6.45) is 5.53. The Kier molecular flexibility index (Phi) is 5.08. The van der Waals surface area contributed by atoms with Crippen LogP contribution in [0.1, 0.15) is 50.1 Å². The fourth-order valence-corrected chi connectivity index (χ4v) is 6.60. The summed E-state index contributed by atoms with van der Waals surface area (Å²) in [7, 11) is 0. The number of aryl methyl sites for hydroxylation is 1. The quantitative estimate of drug-likeness (QED) is 0.496. The lowest BCUT2D eigenvalue weighted by molar-refractivity contribution is -0.234. The molecule has 0 unspecified atom stereocenters. The van der Waals surface area contributed by atoms with Crippen molar-refractivity contribution in [2.75, 3.05) is 13.2 Å². The van der Waals surface area contributed by atoms with Crippen molar-refractivity contribution in [3.8, 4) is 22.6 Å². The monoisotopic (exact) mass is 459 g/mol. The van der Waals surface area contributed by atoms with E-state index in [2.05, 4.69) is 18.8 Å². The molecule has 2 fully saturated rings. The van der Waals surface area contributed by atoms with E-state index in [0.717, 1.165) is 53.9 Å². The lowest BCUT2D eigenvalue weighted by Gasteiger charge is -2.54. The van der Waals surface area contributed by atoms with E-state index < -0.39 is 5.79 Å². The highest BCUT2D eigenvalue weighted by molar-refractivity contribution is 5.69. The molecule has 0 amide bonds. The Bertz CT molecular complexity index is 1240. The van der Waals surface area contributed by atoms with Crippen LogP contribution < -0.4 is 0 Å². The molecular weight excluding hydrogens is 429 g/mol. The highest BCUT2D eigenvalue weighted by Gasteiger charge is 2.57. The van der Waals surface area contributed by atoms with Crippen LogP contribution in [-0.2, 0) is 21.3 Å². The van der Waals surface area contributed by atoms with Gasteiger partial charge in [0.2, 0.25) is 0 Å². The number of halogens is 1. The first-order chi connectivity index (χ1) is 16.4. The van der Waals surface area contributed by atoms with Crippen molar-refractivity contribution in [1.29, 1.82) is 0 Å². The minimum absolute atomic E-state index is 0.109. The molecule has 3 aromatic rings. The molecule has 1 saturated carbocycles. The van der Waals surface area contributed by atoms with Crippen molar-refractivity contribution < 1.29 is 13.9 Å². The lowest BCUT2D eigenvalue weighted by Crippen LogP contribution is -2.55. The number of nitrogens with zero attached hydrogens (tertiary/aromatic N) is 3. The van der Waals surface area contributed by atoms with Crippen LogP contribution in [0.15, 0.2) is 42.6 Å². The molecule has 3 atom stereocenters. The number of benzene rings is 1. The van der Waals surface area contributed by atoms with Crippen molar-refractivity contribution in [3.63, 3.8) is 0 Å². The second-order valence-electron chi connectivity index (χ2n) is 10.3. The Morgan fingerprint density at radius 3 is 2.50 bits per heavy atom. The highest BCUT2D eigenvalue weighted by atomic mass is 19.1. The van der Waals surface area contributed by atoms with Gasteiger partial charge in [0.1, 0.15) is 5.82 Å². The summed E-state index contributed by atoms with van der Waals surface area (Å²) in [5, 5.41) is 0. The van der Waals surface area contributed by atoms with Crippen LogP contribution in [0.2, 0.25) is 0 Å². The van der Waals surface area contributed by atoms with Gasteiger partial charge in [-0.3, -0.25) is 4.98 Å². The third-order valence-electron chi connectivity index (χ3n) is 8.41. The van der Waals surface area contributed by atoms with Gasteiger partial charge in [0, 0.05) is 46.3 Å². The van der Waals surface area contributed by atoms with Crippen LogP contribution >= 0.6 is 0 Å². The largest absolute Gasteiger partial charge is 0.347 e. The Hall–Kier alpha value is -2.70. The molecule has 2 aromatic heterocycles. The van der Waals surface area contributed by atoms with Crippen LogP contribution in [-0.4, -0.2) is 34.0 Å². The first-order valence-corrected chi connectivity index (χ1v) is 12.3. The highest BCUT2D eigenvalue weighted by Crippen LogP contribution is 2.57. The van der Waals surface area contributed by atoms with Crippen LogP contribution in [0.25, 0.3) is 22.6 Å². The standard InChI is InChI=1S/C28H30FN3O2/c1-17-16-20(10-13-30-17)26-31-24(19-4-6-21(29)7-5-19)22-8-9-23-18(2)28(33-14-15-34-28)12-11-27(23,3)25(22)32-26/h4-7,10,13,16,18,23H,8-9,11-12,14-15H2,1-3H3/t18-,23-,27-/m1/s1. The molecule has 1 aliphatic heterocycles. The van der Waals surface area contributed by atoms with Gasteiger partial charge >= 0.3 is 0 Å². The molecule has 0 N–H and O–H groups in total. The van der Waals surface area contributed by atoms with Crippen LogP contribution in [0.4, 0.5) is 4.39 Å². The Balaban J connectivity index is 1.53. The maximum Gasteiger partial charge on any atom is 0.171 e. The predicted octanol–water partition coefficient (Wildman–Crippen LogP) is 5.65. The number of aromatic nitrogens is 3. The minimum atomic E-state index is -0.459. The summed E-state index contributed by atoms with van der Waals surface area (Å²) in [5.74, 6) is 0.672. The summed E-state index contributed by atoms with van der Waals surface area (Å²) in [4.78, 5) is 14.6. The van der Waals surface area contributed by atoms with Gasteiger partial charge in [0.25, 0.3) is 0 Å². The van der Waals surface area contributed by atoms with Gasteiger partial charge in [-0.15, -0.1) is 0 Å². The molecule has 1 aromatic carbocycles. The SMILES string of the molecule is Cc1cc(-c2nc(-c3ccc(F)cc3)c3c(n2)[C@]2(C)CCC4(OCCO4)[C@H](C)[C@H]2CC3)ccn1. The molecule has 5 nitrogen and oxygen atoms in total. The van der Waals surface area contributed by atoms with Gasteiger partial charge in [0.15, 0.2) is 11.6 Å².